The molecule has 0 amide bonds. The molecule has 3 heteroatoms. The number of unbranched alkanes of at least 4 members (excludes halogenated alkanes) is 2. The number of hydrogen-bond acceptors (Lipinski definition) is 3. The highest BCUT2D eigenvalue weighted by Gasteiger charge is 2.38. The van der Waals surface area contributed by atoms with Crippen LogP contribution in [0.2, 0.25) is 0 Å². The van der Waals surface area contributed by atoms with Gasteiger partial charge in [-0.15, -0.1) is 0 Å². The molecule has 0 fully saturated rings. The normalized spacial score (nSPS) is 22.3. The van der Waals surface area contributed by atoms with Gasteiger partial charge < -0.3 is 14.9 Å². The van der Waals surface area contributed by atoms with Gasteiger partial charge in [-0.25, -0.2) is 0 Å². The largest absolute Gasteiger partial charge is 0.507 e. The molecule has 0 radical (unpaired) electrons. The van der Waals surface area contributed by atoms with Gasteiger partial charge in [0.05, 0.1) is 11.7 Å². The smallest absolute Gasteiger partial charge is 0.132 e. The number of phenols is 1. The first-order valence-electron chi connectivity index (χ1n) is 8.88. The summed E-state index contributed by atoms with van der Waals surface area (Å²) in [7, 11) is 0. The number of hydrogen-bond donors (Lipinski definition) is 2. The fraction of sp³-hybridized carbons (Fsp3) is 0.600. The van der Waals surface area contributed by atoms with Crippen LogP contribution in [0.4, 0.5) is 0 Å². The standard InChI is InChI=1S/C20H28O3/c1-4-5-6-7-13-10-17(22)19-15-12-14(21)8-9-16(15)20(2,3)23-18(19)11-13/h10-11,14,21-22H,4-9,12H2,1-3H3. The molecule has 3 rings (SSSR count). The van der Waals surface area contributed by atoms with Gasteiger partial charge in [-0.3, -0.25) is 0 Å². The van der Waals surface area contributed by atoms with Gasteiger partial charge in [0.2, 0.25) is 0 Å². The Balaban J connectivity index is 2.01. The summed E-state index contributed by atoms with van der Waals surface area (Å²) in [4.78, 5) is 0. The zero-order valence-corrected chi connectivity index (χ0v) is 14.5. The lowest BCUT2D eigenvalue weighted by Crippen LogP contribution is -2.37. The second-order valence-electron chi connectivity index (χ2n) is 7.41. The molecule has 126 valence electrons. The minimum atomic E-state index is -0.364. The molecule has 1 aliphatic carbocycles. The molecule has 0 spiro atoms. The molecule has 0 bridgehead atoms. The molecule has 1 atom stereocenters. The van der Waals surface area contributed by atoms with E-state index in [4.69, 9.17) is 4.74 Å². The van der Waals surface area contributed by atoms with Gasteiger partial charge in [0.1, 0.15) is 17.1 Å². The van der Waals surface area contributed by atoms with Gasteiger partial charge in [0, 0.05) is 0 Å². The number of aliphatic hydroxyl groups is 1. The third-order valence-electron chi connectivity index (χ3n) is 5.14. The maximum Gasteiger partial charge on any atom is 0.132 e. The Kier molecular flexibility index (Phi) is 4.41. The van der Waals surface area contributed by atoms with Crippen molar-refractivity contribution in [1.82, 2.24) is 0 Å². The maximum atomic E-state index is 10.6. The number of benzene rings is 1. The van der Waals surface area contributed by atoms with Crippen molar-refractivity contribution in [2.75, 3.05) is 0 Å². The van der Waals surface area contributed by atoms with E-state index in [1.807, 2.05) is 6.07 Å². The van der Waals surface area contributed by atoms with E-state index in [2.05, 4.69) is 26.8 Å². The lowest BCUT2D eigenvalue weighted by molar-refractivity contribution is 0.118. The Morgan fingerprint density at radius 2 is 2.04 bits per heavy atom. The second-order valence-corrected chi connectivity index (χ2v) is 7.41. The van der Waals surface area contributed by atoms with Crippen LogP contribution in [0.3, 0.4) is 0 Å². The molecule has 0 saturated heterocycles. The number of phenolic OH excluding ortho intramolecular Hbond substituents is 1. The van der Waals surface area contributed by atoms with Crippen LogP contribution in [0.15, 0.2) is 17.7 Å². The van der Waals surface area contributed by atoms with Gasteiger partial charge in [-0.1, -0.05) is 19.8 Å². The van der Waals surface area contributed by atoms with Crippen molar-refractivity contribution >= 4 is 5.57 Å². The molecule has 0 saturated carbocycles. The Morgan fingerprint density at radius 1 is 1.26 bits per heavy atom. The molecular weight excluding hydrogens is 288 g/mol. The summed E-state index contributed by atoms with van der Waals surface area (Å²) >= 11 is 0. The lowest BCUT2D eigenvalue weighted by Gasteiger charge is -2.40. The van der Waals surface area contributed by atoms with Crippen molar-refractivity contribution in [3.05, 3.63) is 28.8 Å². The predicted octanol–water partition coefficient (Wildman–Crippen LogP) is 4.59. The van der Waals surface area contributed by atoms with Gasteiger partial charge in [0.15, 0.2) is 0 Å². The number of aliphatic hydroxyl groups excluding tert-OH is 1. The third kappa shape index (κ3) is 3.12. The van der Waals surface area contributed by atoms with Crippen LogP contribution in [-0.2, 0) is 6.42 Å². The molecule has 3 nitrogen and oxygen atoms in total. The zero-order chi connectivity index (χ0) is 16.6. The topological polar surface area (TPSA) is 49.7 Å². The molecular formula is C20H28O3. The van der Waals surface area contributed by atoms with Crippen LogP contribution in [0, 0.1) is 0 Å². The Bertz CT molecular complexity index is 628. The van der Waals surface area contributed by atoms with Crippen LogP contribution in [0.5, 0.6) is 11.5 Å². The summed E-state index contributed by atoms with van der Waals surface area (Å²) in [5, 5.41) is 20.7. The summed E-state index contributed by atoms with van der Waals surface area (Å²) < 4.78 is 6.25. The van der Waals surface area contributed by atoms with Crippen LogP contribution in [0.25, 0.3) is 5.57 Å². The number of aromatic hydroxyl groups is 1. The van der Waals surface area contributed by atoms with Gasteiger partial charge in [-0.05, 0) is 74.8 Å². The second kappa shape index (κ2) is 6.20. The molecule has 2 aliphatic rings. The van der Waals surface area contributed by atoms with E-state index < -0.39 is 0 Å². The highest BCUT2D eigenvalue weighted by molar-refractivity contribution is 5.81. The lowest BCUT2D eigenvalue weighted by atomic mass is 9.76. The first-order valence-corrected chi connectivity index (χ1v) is 8.88. The van der Waals surface area contributed by atoms with Gasteiger partial charge in [-0.2, -0.15) is 0 Å². The van der Waals surface area contributed by atoms with E-state index in [9.17, 15) is 10.2 Å². The minimum Gasteiger partial charge on any atom is -0.507 e. The summed E-state index contributed by atoms with van der Waals surface area (Å²) in [6.45, 7) is 6.37. The van der Waals surface area contributed by atoms with E-state index >= 15 is 0 Å². The fourth-order valence-corrected chi connectivity index (χ4v) is 3.94. The molecule has 23 heavy (non-hydrogen) atoms. The number of rotatable bonds is 4. The van der Waals surface area contributed by atoms with Crippen molar-refractivity contribution in [1.29, 1.82) is 0 Å². The highest BCUT2D eigenvalue weighted by atomic mass is 16.5. The Labute approximate surface area is 139 Å². The van der Waals surface area contributed by atoms with E-state index in [0.29, 0.717) is 12.2 Å². The van der Waals surface area contributed by atoms with Crippen LogP contribution in [0.1, 0.15) is 70.4 Å². The Hall–Kier alpha value is -1.48. The molecule has 1 aliphatic heterocycles. The van der Waals surface area contributed by atoms with E-state index in [1.54, 1.807) is 0 Å². The minimum absolute atomic E-state index is 0.297. The van der Waals surface area contributed by atoms with E-state index in [0.717, 1.165) is 48.1 Å². The maximum absolute atomic E-state index is 10.6. The van der Waals surface area contributed by atoms with Crippen molar-refractivity contribution in [3.63, 3.8) is 0 Å². The summed E-state index contributed by atoms with van der Waals surface area (Å²) in [5.74, 6) is 1.07. The van der Waals surface area contributed by atoms with Crippen molar-refractivity contribution in [2.45, 2.75) is 77.4 Å². The Morgan fingerprint density at radius 3 is 2.78 bits per heavy atom. The molecule has 1 aromatic carbocycles. The first kappa shape index (κ1) is 16.4. The third-order valence-corrected chi connectivity index (χ3v) is 5.14. The van der Waals surface area contributed by atoms with E-state index in [1.165, 1.54) is 18.4 Å². The average molecular weight is 316 g/mol. The molecule has 0 aromatic heterocycles. The fourth-order valence-electron chi connectivity index (χ4n) is 3.94. The van der Waals surface area contributed by atoms with Gasteiger partial charge >= 0.3 is 0 Å². The molecule has 1 heterocycles. The zero-order valence-electron chi connectivity index (χ0n) is 14.5. The van der Waals surface area contributed by atoms with Crippen LogP contribution >= 0.6 is 0 Å². The highest BCUT2D eigenvalue weighted by Crippen LogP contribution is 2.50. The average Bonchev–Trinajstić information content (AvgIpc) is 2.46. The quantitative estimate of drug-likeness (QED) is 0.799. The summed E-state index contributed by atoms with van der Waals surface area (Å²) in [6.07, 6.45) is 6.38. The molecule has 2 N–H and O–H groups in total. The van der Waals surface area contributed by atoms with Crippen molar-refractivity contribution < 1.29 is 14.9 Å². The van der Waals surface area contributed by atoms with Crippen LogP contribution < -0.4 is 4.74 Å². The SMILES string of the molecule is CCCCCc1cc(O)c2c(c1)OC(C)(C)C1=C2CC(O)CC1. The monoisotopic (exact) mass is 316 g/mol. The predicted molar refractivity (Wildman–Crippen MR) is 92.8 cm³/mol. The van der Waals surface area contributed by atoms with E-state index in [-0.39, 0.29) is 11.7 Å². The van der Waals surface area contributed by atoms with Crippen LogP contribution in [-0.4, -0.2) is 21.9 Å². The van der Waals surface area contributed by atoms with Gasteiger partial charge in [0.25, 0.3) is 0 Å². The molecule has 1 aromatic rings. The first-order chi connectivity index (χ1) is 10.9. The summed E-state index contributed by atoms with van der Waals surface area (Å²) in [5.41, 5.74) is 3.89. The molecule has 1 unspecified atom stereocenters. The summed E-state index contributed by atoms with van der Waals surface area (Å²) in [6, 6.07) is 3.96. The number of aryl methyl sites for hydroxylation is 1. The van der Waals surface area contributed by atoms with Crippen molar-refractivity contribution in [3.8, 4) is 11.5 Å². The number of ether oxygens (including phenoxy) is 1. The number of fused-ring (bicyclic) bond motifs is 2. The van der Waals surface area contributed by atoms with Crippen molar-refractivity contribution in [2.24, 2.45) is 0 Å².